The summed E-state index contributed by atoms with van der Waals surface area (Å²) in [6, 6.07) is 10.4. The summed E-state index contributed by atoms with van der Waals surface area (Å²) in [5.41, 5.74) is 1.18. The van der Waals surface area contributed by atoms with E-state index in [0.29, 0.717) is 28.1 Å². The Labute approximate surface area is 187 Å². The van der Waals surface area contributed by atoms with Gasteiger partial charge in [-0.1, -0.05) is 0 Å². The molecule has 0 aliphatic rings. The zero-order valence-electron chi connectivity index (χ0n) is 17.9. The summed E-state index contributed by atoms with van der Waals surface area (Å²) in [6.45, 7) is -1.73. The van der Waals surface area contributed by atoms with Crippen molar-refractivity contribution in [1.82, 2.24) is 0 Å². The van der Waals surface area contributed by atoms with Gasteiger partial charge in [-0.05, 0) is 55.3 Å². The monoisotopic (exact) mass is 461 g/mol. The molecule has 0 fully saturated rings. The normalized spacial score (nSPS) is 10.8. The molecule has 0 spiro atoms. The van der Waals surface area contributed by atoms with Crippen molar-refractivity contribution in [3.63, 3.8) is 0 Å². The van der Waals surface area contributed by atoms with E-state index in [0.717, 1.165) is 5.39 Å². The second kappa shape index (κ2) is 10.6. The minimum atomic E-state index is -2.95. The van der Waals surface area contributed by atoms with Crippen molar-refractivity contribution in [2.75, 3.05) is 19.0 Å². The van der Waals surface area contributed by atoms with E-state index >= 15 is 0 Å². The van der Waals surface area contributed by atoms with Crippen molar-refractivity contribution in [3.8, 4) is 11.5 Å². The average Bonchev–Trinajstić information content (AvgIpc) is 2.78. The molecule has 0 saturated heterocycles. The maximum Gasteiger partial charge on any atom is 0.387 e. The summed E-state index contributed by atoms with van der Waals surface area (Å²) in [5, 5.41) is 3.19. The molecule has 0 atom stereocenters. The number of hydrogen-bond acceptors (Lipinski definition) is 7. The van der Waals surface area contributed by atoms with E-state index in [1.165, 1.54) is 31.4 Å². The third kappa shape index (κ3) is 6.28. The maximum absolute atomic E-state index is 12.3. The van der Waals surface area contributed by atoms with E-state index in [4.69, 9.17) is 13.9 Å². The fourth-order valence-corrected chi connectivity index (χ4v) is 3.15. The van der Waals surface area contributed by atoms with Gasteiger partial charge in [-0.25, -0.2) is 4.79 Å². The molecule has 8 nitrogen and oxygen atoms in total. The van der Waals surface area contributed by atoms with Crippen LogP contribution >= 0.6 is 0 Å². The van der Waals surface area contributed by atoms with Gasteiger partial charge in [0.1, 0.15) is 17.1 Å². The minimum absolute atomic E-state index is 0.0537. The minimum Gasteiger partial charge on any atom is -0.497 e. The molecule has 0 aliphatic heterocycles. The Bertz CT molecular complexity index is 1210. The molecule has 1 heterocycles. The average molecular weight is 461 g/mol. The van der Waals surface area contributed by atoms with Crippen LogP contribution in [-0.2, 0) is 20.7 Å². The summed E-state index contributed by atoms with van der Waals surface area (Å²) in [6.07, 6.45) is -0.0393. The number of carbonyl (C=O) groups excluding carboxylic acids is 2. The number of methoxy groups -OCH3 is 1. The number of nitrogens with one attached hydrogen (secondary N) is 1. The Kier molecular flexibility index (Phi) is 7.60. The third-order valence-corrected chi connectivity index (χ3v) is 4.80. The van der Waals surface area contributed by atoms with Gasteiger partial charge in [0, 0.05) is 29.1 Å². The van der Waals surface area contributed by atoms with E-state index < -0.39 is 30.7 Å². The predicted molar refractivity (Wildman–Crippen MR) is 115 cm³/mol. The van der Waals surface area contributed by atoms with Gasteiger partial charge in [0.15, 0.2) is 6.61 Å². The fourth-order valence-electron chi connectivity index (χ4n) is 3.15. The smallest absolute Gasteiger partial charge is 0.387 e. The second-order valence-corrected chi connectivity index (χ2v) is 6.97. The van der Waals surface area contributed by atoms with Gasteiger partial charge >= 0.3 is 18.2 Å². The first kappa shape index (κ1) is 23.7. The highest BCUT2D eigenvalue weighted by Gasteiger charge is 2.15. The molecule has 2 aromatic carbocycles. The van der Waals surface area contributed by atoms with Crippen molar-refractivity contribution in [3.05, 3.63) is 64.0 Å². The highest BCUT2D eigenvalue weighted by atomic mass is 19.3. The number of rotatable bonds is 9. The number of alkyl halides is 2. The van der Waals surface area contributed by atoms with Crippen LogP contribution in [0.25, 0.3) is 11.0 Å². The van der Waals surface area contributed by atoms with Crippen molar-refractivity contribution in [1.29, 1.82) is 0 Å². The number of fused-ring (bicyclic) bond motifs is 1. The number of carbonyl (C=O) groups is 2. The van der Waals surface area contributed by atoms with Crippen LogP contribution in [0.15, 0.2) is 51.7 Å². The first-order valence-corrected chi connectivity index (χ1v) is 9.87. The molecule has 174 valence electrons. The molecule has 33 heavy (non-hydrogen) atoms. The molecule has 0 saturated carbocycles. The molecule has 1 N–H and O–H groups in total. The SMILES string of the molecule is COc1ccc2c(C)c(CCC(=O)OCC(=O)Nc3ccc(OC(F)F)cc3)c(=O)oc2c1. The third-order valence-electron chi connectivity index (χ3n) is 4.80. The standard InChI is InChI=1S/C23H21F2NO7/c1-13-17-8-7-16(30-2)11-19(17)33-22(29)18(13)9-10-21(28)31-12-20(27)26-14-3-5-15(6-4-14)32-23(24)25/h3-8,11,23H,9-10,12H2,1-2H3,(H,26,27). The molecule has 0 radical (unpaired) electrons. The molecule has 1 amide bonds. The number of halogens is 2. The quantitative estimate of drug-likeness (QED) is 0.382. The Hall–Kier alpha value is -3.95. The zero-order valence-corrected chi connectivity index (χ0v) is 17.9. The lowest BCUT2D eigenvalue weighted by molar-refractivity contribution is -0.147. The Morgan fingerprint density at radius 2 is 1.79 bits per heavy atom. The van der Waals surface area contributed by atoms with E-state index in [2.05, 4.69) is 10.1 Å². The molecular formula is C23H21F2NO7. The maximum atomic E-state index is 12.3. The fraction of sp³-hybridized carbons (Fsp3) is 0.261. The van der Waals surface area contributed by atoms with E-state index in [1.807, 2.05) is 0 Å². The van der Waals surface area contributed by atoms with Gasteiger partial charge in [0.25, 0.3) is 5.91 Å². The summed E-state index contributed by atoms with van der Waals surface area (Å²) < 4.78 is 43.9. The number of benzene rings is 2. The lowest BCUT2D eigenvalue weighted by Crippen LogP contribution is -2.21. The summed E-state index contributed by atoms with van der Waals surface area (Å²) in [7, 11) is 1.51. The van der Waals surface area contributed by atoms with Crippen molar-refractivity contribution < 1.29 is 37.0 Å². The van der Waals surface area contributed by atoms with Crippen LogP contribution < -0.4 is 20.4 Å². The van der Waals surface area contributed by atoms with Gasteiger partial charge in [-0.3, -0.25) is 9.59 Å². The topological polar surface area (TPSA) is 104 Å². The van der Waals surface area contributed by atoms with Crippen molar-refractivity contribution >= 4 is 28.5 Å². The van der Waals surface area contributed by atoms with Crippen molar-refractivity contribution in [2.24, 2.45) is 0 Å². The second-order valence-electron chi connectivity index (χ2n) is 6.97. The number of esters is 1. The van der Waals surface area contributed by atoms with Crippen molar-refractivity contribution in [2.45, 2.75) is 26.4 Å². The van der Waals surface area contributed by atoms with Crippen LogP contribution in [0.3, 0.4) is 0 Å². The van der Waals surface area contributed by atoms with Crippen LogP contribution in [0.1, 0.15) is 17.5 Å². The van der Waals surface area contributed by atoms with Gasteiger partial charge in [-0.2, -0.15) is 8.78 Å². The van der Waals surface area contributed by atoms with Gasteiger partial charge < -0.3 is 23.9 Å². The molecule has 1 aromatic heterocycles. The van der Waals surface area contributed by atoms with E-state index in [1.54, 1.807) is 25.1 Å². The summed E-state index contributed by atoms with van der Waals surface area (Å²) >= 11 is 0. The number of aryl methyl sites for hydroxylation is 1. The van der Waals surface area contributed by atoms with Crippen LogP contribution in [0.4, 0.5) is 14.5 Å². The molecule has 0 bridgehead atoms. The molecular weight excluding hydrogens is 440 g/mol. The molecule has 0 unspecified atom stereocenters. The number of amides is 1. The lowest BCUT2D eigenvalue weighted by atomic mass is 10.0. The number of anilines is 1. The van der Waals surface area contributed by atoms with Crippen LogP contribution in [-0.4, -0.2) is 32.2 Å². The zero-order chi connectivity index (χ0) is 24.0. The van der Waals surface area contributed by atoms with E-state index in [-0.39, 0.29) is 18.6 Å². The Morgan fingerprint density at radius 3 is 2.45 bits per heavy atom. The first-order valence-electron chi connectivity index (χ1n) is 9.87. The first-order chi connectivity index (χ1) is 15.8. The Balaban J connectivity index is 1.52. The predicted octanol–water partition coefficient (Wildman–Crippen LogP) is 3.83. The molecule has 3 rings (SSSR count). The number of ether oxygens (including phenoxy) is 3. The molecule has 0 aliphatic carbocycles. The van der Waals surface area contributed by atoms with Gasteiger partial charge in [0.05, 0.1) is 7.11 Å². The lowest BCUT2D eigenvalue weighted by Gasteiger charge is -2.10. The summed E-state index contributed by atoms with van der Waals surface area (Å²) in [4.78, 5) is 36.3. The largest absolute Gasteiger partial charge is 0.497 e. The van der Waals surface area contributed by atoms with Crippen LogP contribution in [0.5, 0.6) is 11.5 Å². The highest BCUT2D eigenvalue weighted by Crippen LogP contribution is 2.24. The van der Waals surface area contributed by atoms with Crippen LogP contribution in [0, 0.1) is 6.92 Å². The molecule has 3 aromatic rings. The molecule has 10 heteroatoms. The number of hydrogen-bond donors (Lipinski definition) is 1. The summed E-state index contributed by atoms with van der Waals surface area (Å²) in [5.74, 6) is -0.778. The van der Waals surface area contributed by atoms with Crippen LogP contribution in [0.2, 0.25) is 0 Å². The van der Waals surface area contributed by atoms with E-state index in [9.17, 15) is 23.2 Å². The Morgan fingerprint density at radius 1 is 1.09 bits per heavy atom. The van der Waals surface area contributed by atoms with Gasteiger partial charge in [0.2, 0.25) is 0 Å². The highest BCUT2D eigenvalue weighted by molar-refractivity contribution is 5.92. The van der Waals surface area contributed by atoms with Gasteiger partial charge in [-0.15, -0.1) is 0 Å².